The lowest BCUT2D eigenvalue weighted by Gasteiger charge is -2.03. The second kappa shape index (κ2) is 5.86. The van der Waals surface area contributed by atoms with Crippen LogP contribution in [-0.2, 0) is 0 Å². The van der Waals surface area contributed by atoms with Gasteiger partial charge in [-0.15, -0.1) is 0 Å². The lowest BCUT2D eigenvalue weighted by Crippen LogP contribution is -2.05. The number of imidazole rings is 1. The number of H-pyrrole nitrogens is 1. The van der Waals surface area contributed by atoms with Gasteiger partial charge in [-0.25, -0.2) is 14.1 Å². The number of benzene rings is 2. The summed E-state index contributed by atoms with van der Waals surface area (Å²) in [4.78, 5) is 20.0. The molecule has 0 aliphatic heterocycles. The third-order valence-corrected chi connectivity index (χ3v) is 3.89. The minimum atomic E-state index is -0.309. The first kappa shape index (κ1) is 15.1. The highest BCUT2D eigenvalue weighted by Crippen LogP contribution is 2.19. The Morgan fingerprint density at radius 2 is 2.04 bits per heavy atom. The Hall–Kier alpha value is -3.48. The normalized spacial score (nSPS) is 11.6. The highest BCUT2D eigenvalue weighted by molar-refractivity contribution is 5.90. The Morgan fingerprint density at radius 1 is 1.24 bits per heavy atom. The predicted molar refractivity (Wildman–Crippen MR) is 93.8 cm³/mol. The summed E-state index contributed by atoms with van der Waals surface area (Å²) in [5, 5.41) is 4.79. The lowest BCUT2D eigenvalue weighted by atomic mass is 10.2. The standard InChI is InChI=1S/C18H13FN4O2/c1-25-13-6-7-15-14(8-13)17(24)16-18(22-15)23(10-20-16)21-9-11-2-4-12(19)5-3-11/h2-10H,1H3,(H,22,24). The molecule has 7 heteroatoms. The zero-order chi connectivity index (χ0) is 17.4. The number of aromatic amines is 1. The number of methoxy groups -OCH3 is 1. The summed E-state index contributed by atoms with van der Waals surface area (Å²) < 4.78 is 19.6. The van der Waals surface area contributed by atoms with E-state index in [0.29, 0.717) is 22.3 Å². The summed E-state index contributed by atoms with van der Waals surface area (Å²) in [5.74, 6) is 0.294. The molecule has 0 saturated heterocycles. The topological polar surface area (TPSA) is 72.3 Å². The van der Waals surface area contributed by atoms with Gasteiger partial charge in [0.15, 0.2) is 11.2 Å². The van der Waals surface area contributed by atoms with Gasteiger partial charge < -0.3 is 9.72 Å². The fraction of sp³-hybridized carbons (Fsp3) is 0.0556. The zero-order valence-corrected chi connectivity index (χ0v) is 13.2. The SMILES string of the molecule is COc1ccc2[nH]c3c(ncn3N=Cc3ccc(F)cc3)c(=O)c2c1. The molecule has 0 unspecified atom stereocenters. The Morgan fingerprint density at radius 3 is 2.80 bits per heavy atom. The van der Waals surface area contributed by atoms with Crippen molar-refractivity contribution in [3.05, 3.63) is 70.4 Å². The number of halogens is 1. The van der Waals surface area contributed by atoms with E-state index in [2.05, 4.69) is 15.1 Å². The highest BCUT2D eigenvalue weighted by atomic mass is 19.1. The molecule has 0 spiro atoms. The van der Waals surface area contributed by atoms with Crippen LogP contribution in [0.3, 0.4) is 0 Å². The number of pyridine rings is 1. The van der Waals surface area contributed by atoms with Crippen molar-refractivity contribution in [1.29, 1.82) is 0 Å². The Balaban J connectivity index is 1.83. The van der Waals surface area contributed by atoms with Crippen LogP contribution in [0, 0.1) is 5.82 Å². The van der Waals surface area contributed by atoms with Crippen molar-refractivity contribution in [3.63, 3.8) is 0 Å². The molecule has 0 saturated carbocycles. The third kappa shape index (κ3) is 2.65. The first-order chi connectivity index (χ1) is 12.2. The molecule has 25 heavy (non-hydrogen) atoms. The molecule has 0 aliphatic rings. The molecule has 2 aromatic heterocycles. The van der Waals surface area contributed by atoms with Gasteiger partial charge in [-0.1, -0.05) is 12.1 Å². The van der Waals surface area contributed by atoms with Crippen LogP contribution in [0.25, 0.3) is 22.1 Å². The smallest absolute Gasteiger partial charge is 0.217 e. The van der Waals surface area contributed by atoms with E-state index in [1.165, 1.54) is 23.1 Å². The number of rotatable bonds is 3. The molecule has 0 fully saturated rings. The monoisotopic (exact) mass is 336 g/mol. The van der Waals surface area contributed by atoms with E-state index in [-0.39, 0.29) is 16.8 Å². The van der Waals surface area contributed by atoms with Crippen LogP contribution in [0.15, 0.2) is 58.7 Å². The van der Waals surface area contributed by atoms with E-state index in [1.54, 1.807) is 43.7 Å². The quantitative estimate of drug-likeness (QED) is 0.585. The van der Waals surface area contributed by atoms with Crippen LogP contribution in [0.5, 0.6) is 5.75 Å². The molecule has 2 heterocycles. The number of nitrogens with one attached hydrogen (secondary N) is 1. The Kier molecular flexibility index (Phi) is 3.53. The molecule has 4 aromatic rings. The van der Waals surface area contributed by atoms with Crippen LogP contribution in [0.4, 0.5) is 4.39 Å². The second-order valence-corrected chi connectivity index (χ2v) is 5.45. The predicted octanol–water partition coefficient (Wildman–Crippen LogP) is 2.91. The zero-order valence-electron chi connectivity index (χ0n) is 13.2. The van der Waals surface area contributed by atoms with Crippen LogP contribution in [-0.4, -0.2) is 28.0 Å². The molecule has 2 aromatic carbocycles. The third-order valence-electron chi connectivity index (χ3n) is 3.89. The first-order valence-electron chi connectivity index (χ1n) is 7.53. The fourth-order valence-electron chi connectivity index (χ4n) is 2.59. The van der Waals surface area contributed by atoms with Crippen molar-refractivity contribution in [2.24, 2.45) is 5.10 Å². The molecule has 124 valence electrons. The fourth-order valence-corrected chi connectivity index (χ4v) is 2.59. The molecule has 0 amide bonds. The Labute approximate surface area is 141 Å². The second-order valence-electron chi connectivity index (χ2n) is 5.45. The van der Waals surface area contributed by atoms with Crippen LogP contribution < -0.4 is 10.2 Å². The molecule has 0 radical (unpaired) electrons. The van der Waals surface area contributed by atoms with E-state index in [0.717, 1.165) is 5.56 Å². The lowest BCUT2D eigenvalue weighted by molar-refractivity contribution is 0.415. The van der Waals surface area contributed by atoms with Gasteiger partial charge in [0.2, 0.25) is 5.43 Å². The number of ether oxygens (including phenoxy) is 1. The Bertz CT molecular complexity index is 1160. The van der Waals surface area contributed by atoms with Gasteiger partial charge in [-0.2, -0.15) is 5.10 Å². The molecular weight excluding hydrogens is 323 g/mol. The van der Waals surface area contributed by atoms with Crippen molar-refractivity contribution >= 4 is 28.3 Å². The minimum absolute atomic E-state index is 0.196. The van der Waals surface area contributed by atoms with E-state index in [1.807, 2.05) is 0 Å². The molecule has 0 aliphatic carbocycles. The maximum Gasteiger partial charge on any atom is 0.217 e. The van der Waals surface area contributed by atoms with Crippen LogP contribution in [0.1, 0.15) is 5.56 Å². The highest BCUT2D eigenvalue weighted by Gasteiger charge is 2.11. The average molecular weight is 336 g/mol. The van der Waals surface area contributed by atoms with Gasteiger partial charge in [-0.3, -0.25) is 4.79 Å². The first-order valence-corrected chi connectivity index (χ1v) is 7.53. The summed E-state index contributed by atoms with van der Waals surface area (Å²) in [6.45, 7) is 0. The van der Waals surface area contributed by atoms with Crippen molar-refractivity contribution in [1.82, 2.24) is 14.6 Å². The maximum absolute atomic E-state index is 12.9. The maximum atomic E-state index is 12.9. The number of nitrogens with zero attached hydrogens (tertiary/aromatic N) is 3. The van der Waals surface area contributed by atoms with E-state index in [9.17, 15) is 9.18 Å². The van der Waals surface area contributed by atoms with E-state index < -0.39 is 0 Å². The average Bonchev–Trinajstić information content (AvgIpc) is 3.04. The van der Waals surface area contributed by atoms with Gasteiger partial charge in [0, 0.05) is 0 Å². The number of fused-ring (bicyclic) bond motifs is 2. The molecule has 6 nitrogen and oxygen atoms in total. The largest absolute Gasteiger partial charge is 0.497 e. The molecule has 0 atom stereocenters. The van der Waals surface area contributed by atoms with E-state index in [4.69, 9.17) is 4.74 Å². The van der Waals surface area contributed by atoms with Crippen LogP contribution in [0.2, 0.25) is 0 Å². The summed E-state index contributed by atoms with van der Waals surface area (Å²) >= 11 is 0. The summed E-state index contributed by atoms with van der Waals surface area (Å²) in [5.41, 5.74) is 1.98. The molecular formula is C18H13FN4O2. The van der Waals surface area contributed by atoms with Gasteiger partial charge in [0.25, 0.3) is 0 Å². The molecule has 0 bridgehead atoms. The molecule has 4 rings (SSSR count). The summed E-state index contributed by atoms with van der Waals surface area (Å²) in [7, 11) is 1.55. The van der Waals surface area contributed by atoms with Crippen molar-refractivity contribution in [3.8, 4) is 5.75 Å². The van der Waals surface area contributed by atoms with Crippen LogP contribution >= 0.6 is 0 Å². The summed E-state index contributed by atoms with van der Waals surface area (Å²) in [6.07, 6.45) is 3.02. The van der Waals surface area contributed by atoms with Crippen molar-refractivity contribution < 1.29 is 9.13 Å². The summed E-state index contributed by atoms with van der Waals surface area (Å²) in [6, 6.07) is 11.2. The number of aromatic nitrogens is 3. The van der Waals surface area contributed by atoms with Gasteiger partial charge in [0.1, 0.15) is 17.9 Å². The van der Waals surface area contributed by atoms with Crippen molar-refractivity contribution in [2.45, 2.75) is 0 Å². The minimum Gasteiger partial charge on any atom is -0.497 e. The molecule has 1 N–H and O–H groups in total. The van der Waals surface area contributed by atoms with Crippen molar-refractivity contribution in [2.75, 3.05) is 7.11 Å². The number of hydrogen-bond acceptors (Lipinski definition) is 4. The van der Waals surface area contributed by atoms with Gasteiger partial charge in [0.05, 0.1) is 24.2 Å². The number of hydrogen-bond donors (Lipinski definition) is 1. The van der Waals surface area contributed by atoms with Gasteiger partial charge >= 0.3 is 0 Å². The van der Waals surface area contributed by atoms with Gasteiger partial charge in [-0.05, 0) is 35.9 Å². The van der Waals surface area contributed by atoms with E-state index >= 15 is 0 Å².